The zero-order valence-corrected chi connectivity index (χ0v) is 6.62. The molecule has 3 heteroatoms. The third-order valence-electron chi connectivity index (χ3n) is 1.33. The van der Waals surface area contributed by atoms with Crippen molar-refractivity contribution in [2.45, 2.75) is 6.92 Å². The van der Waals surface area contributed by atoms with E-state index in [4.69, 9.17) is 0 Å². The summed E-state index contributed by atoms with van der Waals surface area (Å²) in [5.74, 6) is -0.812. The molecule has 0 N–H and O–H groups in total. The van der Waals surface area contributed by atoms with Crippen molar-refractivity contribution in [1.82, 2.24) is 4.98 Å². The van der Waals surface area contributed by atoms with Crippen molar-refractivity contribution < 1.29 is 9.18 Å². The van der Waals surface area contributed by atoms with Gasteiger partial charge < -0.3 is 0 Å². The number of hydrogen-bond acceptors (Lipinski definition) is 2. The van der Waals surface area contributed by atoms with E-state index < -0.39 is 5.83 Å². The first-order valence-electron chi connectivity index (χ1n) is 3.47. The van der Waals surface area contributed by atoms with Gasteiger partial charge >= 0.3 is 0 Å². The molecule has 0 aliphatic carbocycles. The van der Waals surface area contributed by atoms with Crippen LogP contribution in [0.2, 0.25) is 0 Å². The number of nitrogens with zero attached hydrogens (tertiary/aromatic N) is 1. The molecule has 0 saturated heterocycles. The van der Waals surface area contributed by atoms with Gasteiger partial charge in [0.15, 0.2) is 12.1 Å². The maximum atomic E-state index is 12.4. The maximum absolute atomic E-state index is 12.4. The third kappa shape index (κ3) is 2.27. The van der Waals surface area contributed by atoms with Crippen LogP contribution in [-0.4, -0.2) is 11.3 Å². The van der Waals surface area contributed by atoms with Crippen LogP contribution >= 0.6 is 0 Å². The minimum Gasteiger partial charge on any atom is -0.295 e. The quantitative estimate of drug-likeness (QED) is 0.494. The van der Waals surface area contributed by atoms with E-state index in [1.54, 1.807) is 18.3 Å². The maximum Gasteiger partial charge on any atom is 0.178 e. The fourth-order valence-corrected chi connectivity index (χ4v) is 0.814. The molecule has 62 valence electrons. The first-order valence-corrected chi connectivity index (χ1v) is 3.47. The Morgan fingerprint density at radius 1 is 1.67 bits per heavy atom. The van der Waals surface area contributed by atoms with Crippen molar-refractivity contribution in [3.8, 4) is 0 Å². The van der Waals surface area contributed by atoms with Crippen LogP contribution in [0.1, 0.15) is 11.3 Å². The third-order valence-corrected chi connectivity index (χ3v) is 1.33. The molecule has 0 fully saturated rings. The molecule has 0 aromatic carbocycles. The topological polar surface area (TPSA) is 30.0 Å². The van der Waals surface area contributed by atoms with Crippen LogP contribution in [0.4, 0.5) is 4.39 Å². The summed E-state index contributed by atoms with van der Waals surface area (Å²) >= 11 is 0. The number of pyridine rings is 1. The van der Waals surface area contributed by atoms with Crippen molar-refractivity contribution in [3.63, 3.8) is 0 Å². The minimum atomic E-state index is -0.812. The molecule has 0 bridgehead atoms. The molecule has 0 unspecified atom stereocenters. The summed E-state index contributed by atoms with van der Waals surface area (Å²) in [4.78, 5) is 13.8. The Labute approximate surface area is 69.7 Å². The summed E-state index contributed by atoms with van der Waals surface area (Å²) in [6.07, 6.45) is 2.82. The summed E-state index contributed by atoms with van der Waals surface area (Å²) in [7, 11) is 0. The van der Waals surface area contributed by atoms with E-state index in [-0.39, 0.29) is 6.29 Å². The summed E-state index contributed by atoms with van der Waals surface area (Å²) in [5.41, 5.74) is 1.44. The Bertz CT molecular complexity index is 320. The normalized spacial score (nSPS) is 11.3. The van der Waals surface area contributed by atoms with Crippen LogP contribution < -0.4 is 0 Å². The molecule has 0 aliphatic rings. The average Bonchev–Trinajstić information content (AvgIpc) is 2.04. The first-order chi connectivity index (χ1) is 5.72. The molecule has 0 radical (unpaired) electrons. The van der Waals surface area contributed by atoms with Crippen LogP contribution in [0.3, 0.4) is 0 Å². The largest absolute Gasteiger partial charge is 0.295 e. The van der Waals surface area contributed by atoms with Gasteiger partial charge in [0.2, 0.25) is 0 Å². The lowest BCUT2D eigenvalue weighted by Crippen LogP contribution is -1.83. The fraction of sp³-hybridized carbons (Fsp3) is 0.111. The number of carbonyl (C=O) groups excluding carboxylic acids is 1. The second-order valence-corrected chi connectivity index (χ2v) is 2.41. The summed E-state index contributed by atoms with van der Waals surface area (Å²) in [6, 6.07) is 3.50. The number of aryl methyl sites for hydroxylation is 1. The van der Waals surface area contributed by atoms with E-state index in [0.717, 1.165) is 11.6 Å². The number of aromatic nitrogens is 1. The Morgan fingerprint density at radius 2 is 2.42 bits per heavy atom. The number of allylic oxidation sites excluding steroid dienone is 1. The van der Waals surface area contributed by atoms with Crippen LogP contribution in [0.25, 0.3) is 6.08 Å². The highest BCUT2D eigenvalue weighted by Crippen LogP contribution is 2.05. The molecule has 1 aromatic heterocycles. The predicted molar refractivity (Wildman–Crippen MR) is 44.1 cm³/mol. The number of carbonyl (C=O) groups is 1. The van der Waals surface area contributed by atoms with Gasteiger partial charge in [-0.25, -0.2) is 4.39 Å². The molecular formula is C9H8FNO. The smallest absolute Gasteiger partial charge is 0.178 e. The van der Waals surface area contributed by atoms with Gasteiger partial charge in [-0.1, -0.05) is 0 Å². The Hall–Kier alpha value is -1.51. The Kier molecular flexibility index (Phi) is 2.69. The first kappa shape index (κ1) is 8.59. The van der Waals surface area contributed by atoms with Gasteiger partial charge in [0.25, 0.3) is 0 Å². The van der Waals surface area contributed by atoms with Crippen molar-refractivity contribution in [2.24, 2.45) is 0 Å². The predicted octanol–water partition coefficient (Wildman–Crippen LogP) is 1.90. The highest BCUT2D eigenvalue weighted by atomic mass is 19.1. The van der Waals surface area contributed by atoms with Gasteiger partial charge in [0, 0.05) is 12.3 Å². The summed E-state index contributed by atoms with van der Waals surface area (Å²) in [5, 5.41) is 0. The van der Waals surface area contributed by atoms with E-state index in [0.29, 0.717) is 5.69 Å². The monoisotopic (exact) mass is 165 g/mol. The molecule has 0 spiro atoms. The molecule has 0 atom stereocenters. The van der Waals surface area contributed by atoms with Gasteiger partial charge in [-0.05, 0) is 24.6 Å². The molecule has 1 aromatic rings. The fourth-order valence-electron chi connectivity index (χ4n) is 0.814. The second kappa shape index (κ2) is 3.76. The van der Waals surface area contributed by atoms with E-state index in [1.165, 1.54) is 0 Å². The van der Waals surface area contributed by atoms with Gasteiger partial charge in [0.05, 0.1) is 5.69 Å². The van der Waals surface area contributed by atoms with Crippen LogP contribution in [0, 0.1) is 6.92 Å². The van der Waals surface area contributed by atoms with Crippen LogP contribution in [-0.2, 0) is 4.79 Å². The van der Waals surface area contributed by atoms with Gasteiger partial charge in [-0.15, -0.1) is 0 Å². The van der Waals surface area contributed by atoms with Crippen LogP contribution in [0.15, 0.2) is 24.2 Å². The molecule has 1 heterocycles. The van der Waals surface area contributed by atoms with Gasteiger partial charge in [-0.2, -0.15) is 0 Å². The highest BCUT2D eigenvalue weighted by molar-refractivity contribution is 5.77. The second-order valence-electron chi connectivity index (χ2n) is 2.41. The molecule has 0 aliphatic heterocycles. The number of rotatable bonds is 2. The average molecular weight is 165 g/mol. The summed E-state index contributed by atoms with van der Waals surface area (Å²) < 4.78 is 12.4. The standard InChI is InChI=1S/C9H8FNO/c1-7-2-3-11-9(4-7)5-8(10)6-12/h2-6H,1H3. The zero-order valence-electron chi connectivity index (χ0n) is 6.62. The van der Waals surface area contributed by atoms with Gasteiger partial charge in [0.1, 0.15) is 0 Å². The van der Waals surface area contributed by atoms with E-state index >= 15 is 0 Å². The van der Waals surface area contributed by atoms with E-state index in [2.05, 4.69) is 4.98 Å². The van der Waals surface area contributed by atoms with Crippen LogP contribution in [0.5, 0.6) is 0 Å². The molecule has 0 amide bonds. The Morgan fingerprint density at radius 3 is 3.00 bits per heavy atom. The zero-order chi connectivity index (χ0) is 8.97. The Balaban J connectivity index is 2.97. The lowest BCUT2D eigenvalue weighted by molar-refractivity contribution is -0.106. The van der Waals surface area contributed by atoms with Crippen molar-refractivity contribution in [3.05, 3.63) is 35.4 Å². The molecule has 0 saturated carbocycles. The number of hydrogen-bond donors (Lipinski definition) is 0. The van der Waals surface area contributed by atoms with Crippen molar-refractivity contribution in [2.75, 3.05) is 0 Å². The number of aldehydes is 1. The van der Waals surface area contributed by atoms with E-state index in [1.807, 2.05) is 6.92 Å². The molecule has 2 nitrogen and oxygen atoms in total. The summed E-state index contributed by atoms with van der Waals surface area (Å²) in [6.45, 7) is 1.87. The molecule has 12 heavy (non-hydrogen) atoms. The molecular weight excluding hydrogens is 157 g/mol. The van der Waals surface area contributed by atoms with Crippen molar-refractivity contribution in [1.29, 1.82) is 0 Å². The van der Waals surface area contributed by atoms with E-state index in [9.17, 15) is 9.18 Å². The van der Waals surface area contributed by atoms with Gasteiger partial charge in [-0.3, -0.25) is 9.78 Å². The lowest BCUT2D eigenvalue weighted by atomic mass is 10.2. The molecule has 1 rings (SSSR count). The number of halogens is 1. The van der Waals surface area contributed by atoms with Crippen molar-refractivity contribution >= 4 is 12.4 Å². The minimum absolute atomic E-state index is 0.157. The lowest BCUT2D eigenvalue weighted by Gasteiger charge is -1.93. The SMILES string of the molecule is Cc1ccnc(C=C(F)C=O)c1. The highest BCUT2D eigenvalue weighted by Gasteiger charge is 1.93.